The van der Waals surface area contributed by atoms with Gasteiger partial charge in [0, 0.05) is 24.8 Å². The van der Waals surface area contributed by atoms with Crippen LogP contribution in [0.2, 0.25) is 0 Å². The Labute approximate surface area is 120 Å². The van der Waals surface area contributed by atoms with Gasteiger partial charge in [-0.25, -0.2) is 9.37 Å². The third-order valence-electron chi connectivity index (χ3n) is 3.10. The maximum atomic E-state index is 13.1. The van der Waals surface area contributed by atoms with Gasteiger partial charge in [0.05, 0.1) is 6.33 Å². The van der Waals surface area contributed by atoms with E-state index in [0.717, 1.165) is 11.1 Å². The van der Waals surface area contributed by atoms with E-state index in [-0.39, 0.29) is 5.82 Å². The Morgan fingerprint density at radius 1 is 1.38 bits per heavy atom. The number of rotatable bonds is 4. The molecular weight excluding hydrogens is 273 g/mol. The van der Waals surface area contributed by atoms with Gasteiger partial charge >= 0.3 is 0 Å². The van der Waals surface area contributed by atoms with Gasteiger partial charge in [0.2, 0.25) is 5.82 Å². The van der Waals surface area contributed by atoms with Crippen LogP contribution in [-0.4, -0.2) is 26.2 Å². The van der Waals surface area contributed by atoms with Crippen LogP contribution in [-0.2, 0) is 6.54 Å². The Balaban J connectivity index is 1.91. The topological polar surface area (TPSA) is 82.8 Å². The maximum Gasteiger partial charge on any atom is 0.278 e. The van der Waals surface area contributed by atoms with E-state index in [2.05, 4.69) is 15.1 Å². The molecule has 0 saturated heterocycles. The van der Waals surface area contributed by atoms with Crippen molar-refractivity contribution >= 4 is 0 Å². The number of imidazole rings is 1. The molecule has 2 aromatic heterocycles. The number of hydrogen-bond donors (Lipinski definition) is 1. The minimum Gasteiger partial charge on any atom is -0.335 e. The predicted molar refractivity (Wildman–Crippen MR) is 74.7 cm³/mol. The minimum absolute atomic E-state index is 0.291. The summed E-state index contributed by atoms with van der Waals surface area (Å²) in [4.78, 5) is 8.51. The van der Waals surface area contributed by atoms with Crippen LogP contribution < -0.4 is 5.73 Å². The zero-order chi connectivity index (χ0) is 14.8. The van der Waals surface area contributed by atoms with Crippen LogP contribution in [0.5, 0.6) is 0 Å². The average Bonchev–Trinajstić information content (AvgIpc) is 3.08. The van der Waals surface area contributed by atoms with E-state index >= 15 is 0 Å². The summed E-state index contributed by atoms with van der Waals surface area (Å²) >= 11 is 0. The molecule has 108 valence electrons. The zero-order valence-electron chi connectivity index (χ0n) is 11.5. The van der Waals surface area contributed by atoms with Crippen molar-refractivity contribution in [2.24, 2.45) is 5.73 Å². The van der Waals surface area contributed by atoms with Gasteiger partial charge in [-0.05, 0) is 30.7 Å². The van der Waals surface area contributed by atoms with Crippen molar-refractivity contribution in [3.8, 4) is 23.0 Å². The van der Waals surface area contributed by atoms with Crippen molar-refractivity contribution in [3.63, 3.8) is 0 Å². The Bertz CT molecular complexity index is 764. The van der Waals surface area contributed by atoms with Crippen molar-refractivity contribution in [1.82, 2.24) is 19.7 Å². The van der Waals surface area contributed by atoms with Gasteiger partial charge in [0.25, 0.3) is 5.89 Å². The smallest absolute Gasteiger partial charge is 0.278 e. The highest BCUT2D eigenvalue weighted by Gasteiger charge is 2.14. The fourth-order valence-corrected chi connectivity index (χ4v) is 2.06. The fraction of sp³-hybridized carbons (Fsp3) is 0.214. The first-order chi connectivity index (χ1) is 10.2. The third kappa shape index (κ3) is 2.68. The molecule has 2 heterocycles. The van der Waals surface area contributed by atoms with Gasteiger partial charge in [-0.2, -0.15) is 4.98 Å². The first-order valence-electron chi connectivity index (χ1n) is 6.50. The lowest BCUT2D eigenvalue weighted by molar-refractivity contribution is 0.431. The zero-order valence-corrected chi connectivity index (χ0v) is 11.5. The molecular formula is C14H14FN5O. The lowest BCUT2D eigenvalue weighted by atomic mass is 10.1. The molecule has 0 aliphatic carbocycles. The second-order valence-electron chi connectivity index (χ2n) is 4.67. The summed E-state index contributed by atoms with van der Waals surface area (Å²) in [5, 5.41) is 3.93. The van der Waals surface area contributed by atoms with Crippen molar-refractivity contribution in [2.75, 3.05) is 6.54 Å². The van der Waals surface area contributed by atoms with Crippen LogP contribution in [0, 0.1) is 12.7 Å². The molecule has 6 nitrogen and oxygen atoms in total. The van der Waals surface area contributed by atoms with E-state index in [1.54, 1.807) is 25.5 Å². The van der Waals surface area contributed by atoms with E-state index in [9.17, 15) is 4.39 Å². The number of aromatic nitrogens is 4. The molecule has 0 atom stereocenters. The van der Waals surface area contributed by atoms with E-state index in [4.69, 9.17) is 10.3 Å². The molecule has 0 saturated carbocycles. The highest BCUT2D eigenvalue weighted by molar-refractivity contribution is 5.61. The van der Waals surface area contributed by atoms with Crippen molar-refractivity contribution in [2.45, 2.75) is 13.5 Å². The summed E-state index contributed by atoms with van der Waals surface area (Å²) in [6, 6.07) is 4.43. The molecule has 0 fully saturated rings. The van der Waals surface area contributed by atoms with Crippen LogP contribution in [0.3, 0.4) is 0 Å². The molecule has 0 aliphatic rings. The Morgan fingerprint density at radius 2 is 2.24 bits per heavy atom. The number of hydrogen-bond acceptors (Lipinski definition) is 5. The van der Waals surface area contributed by atoms with Crippen LogP contribution in [0.4, 0.5) is 4.39 Å². The SMILES string of the molecule is Cc1cc(F)ccc1-c1noc(-c2cn(CCN)cn2)n1. The first kappa shape index (κ1) is 13.4. The molecule has 0 unspecified atom stereocenters. The van der Waals surface area contributed by atoms with Crippen molar-refractivity contribution in [1.29, 1.82) is 0 Å². The van der Waals surface area contributed by atoms with Gasteiger partial charge < -0.3 is 14.8 Å². The highest BCUT2D eigenvalue weighted by Crippen LogP contribution is 2.24. The van der Waals surface area contributed by atoms with E-state index in [1.807, 2.05) is 4.57 Å². The summed E-state index contributed by atoms with van der Waals surface area (Å²) in [5.74, 6) is 0.445. The molecule has 2 N–H and O–H groups in total. The molecule has 0 spiro atoms. The monoisotopic (exact) mass is 287 g/mol. The molecule has 0 bridgehead atoms. The van der Waals surface area contributed by atoms with Gasteiger partial charge in [0.1, 0.15) is 11.5 Å². The molecule has 1 aromatic carbocycles. The second-order valence-corrected chi connectivity index (χ2v) is 4.67. The average molecular weight is 287 g/mol. The number of nitrogens with two attached hydrogens (primary N) is 1. The highest BCUT2D eigenvalue weighted by atomic mass is 19.1. The molecule has 0 aliphatic heterocycles. The largest absolute Gasteiger partial charge is 0.335 e. The second kappa shape index (κ2) is 5.45. The summed E-state index contributed by atoms with van der Waals surface area (Å²) in [6.45, 7) is 3.00. The summed E-state index contributed by atoms with van der Waals surface area (Å²) in [5.41, 5.74) is 7.55. The van der Waals surface area contributed by atoms with Crippen molar-refractivity contribution < 1.29 is 8.91 Å². The van der Waals surface area contributed by atoms with Gasteiger partial charge in [-0.1, -0.05) is 5.16 Å². The Morgan fingerprint density at radius 3 is 3.00 bits per heavy atom. The molecule has 21 heavy (non-hydrogen) atoms. The van der Waals surface area contributed by atoms with Gasteiger partial charge in [0.15, 0.2) is 0 Å². The number of benzene rings is 1. The van der Waals surface area contributed by atoms with Crippen LogP contribution in [0.15, 0.2) is 35.2 Å². The molecule has 0 amide bonds. The quantitative estimate of drug-likeness (QED) is 0.793. The lowest BCUT2D eigenvalue weighted by Crippen LogP contribution is -2.07. The number of nitrogens with zero attached hydrogens (tertiary/aromatic N) is 4. The van der Waals surface area contributed by atoms with Crippen molar-refractivity contribution in [3.05, 3.63) is 42.1 Å². The fourth-order valence-electron chi connectivity index (χ4n) is 2.06. The number of aryl methyl sites for hydroxylation is 1. The van der Waals surface area contributed by atoms with Gasteiger partial charge in [-0.3, -0.25) is 0 Å². The van der Waals surface area contributed by atoms with E-state index < -0.39 is 0 Å². The van der Waals surface area contributed by atoms with E-state index in [1.165, 1.54) is 12.1 Å². The summed E-state index contributed by atoms with van der Waals surface area (Å²) < 4.78 is 20.2. The van der Waals surface area contributed by atoms with Gasteiger partial charge in [-0.15, -0.1) is 0 Å². The third-order valence-corrected chi connectivity index (χ3v) is 3.10. The molecule has 7 heteroatoms. The molecule has 0 radical (unpaired) electrons. The first-order valence-corrected chi connectivity index (χ1v) is 6.50. The molecule has 3 aromatic rings. The minimum atomic E-state index is -0.291. The van der Waals surface area contributed by atoms with Crippen LogP contribution in [0.25, 0.3) is 23.0 Å². The lowest BCUT2D eigenvalue weighted by Gasteiger charge is -1.99. The maximum absolute atomic E-state index is 13.1. The van der Waals surface area contributed by atoms with Crippen LogP contribution >= 0.6 is 0 Å². The number of halogens is 1. The Kier molecular flexibility index (Phi) is 3.49. The standard InChI is InChI=1S/C14H14FN5O/c1-9-6-10(15)2-3-11(9)13-18-14(21-19-13)12-7-20(5-4-16)8-17-12/h2-3,6-8H,4-5,16H2,1H3. The Hall–Kier alpha value is -2.54. The summed E-state index contributed by atoms with van der Waals surface area (Å²) in [7, 11) is 0. The summed E-state index contributed by atoms with van der Waals surface area (Å²) in [6.07, 6.45) is 3.46. The predicted octanol–water partition coefficient (Wildman–Crippen LogP) is 2.01. The molecule has 3 rings (SSSR count). The normalized spacial score (nSPS) is 11.0. The van der Waals surface area contributed by atoms with Crippen LogP contribution in [0.1, 0.15) is 5.56 Å². The van der Waals surface area contributed by atoms with E-state index in [0.29, 0.717) is 30.5 Å².